The summed E-state index contributed by atoms with van der Waals surface area (Å²) in [6.45, 7) is 7.11. The molecule has 144 valence electrons. The van der Waals surface area contributed by atoms with Gasteiger partial charge < -0.3 is 15.5 Å². The van der Waals surface area contributed by atoms with E-state index in [9.17, 15) is 14.4 Å². The first kappa shape index (κ1) is 22.1. The Morgan fingerprint density at radius 3 is 2.31 bits per heavy atom. The number of nitrogens with one attached hydrogen (secondary N) is 2. The SMILES string of the molecule is CCN(CC)C(=O)CN(C)CC(=O)NCC(=O)Nc1ccc(Br)cc1C. The van der Waals surface area contributed by atoms with Crippen LogP contribution < -0.4 is 10.6 Å². The lowest BCUT2D eigenvalue weighted by Gasteiger charge is -2.22. The van der Waals surface area contributed by atoms with Crippen LogP contribution in [0.15, 0.2) is 22.7 Å². The first-order chi connectivity index (χ1) is 12.3. The number of carbonyl (C=O) groups excluding carboxylic acids is 3. The Bertz CT molecular complexity index is 647. The Kier molecular flexibility index (Phi) is 9.29. The Morgan fingerprint density at radius 1 is 1.08 bits per heavy atom. The highest BCUT2D eigenvalue weighted by Gasteiger charge is 2.15. The zero-order chi connectivity index (χ0) is 19.7. The number of aryl methyl sites for hydroxylation is 1. The molecule has 7 nitrogen and oxygen atoms in total. The van der Waals surface area contributed by atoms with Crippen LogP contribution in [0.3, 0.4) is 0 Å². The number of likely N-dealkylation sites (N-methyl/N-ethyl adjacent to an activating group) is 2. The number of carbonyl (C=O) groups is 3. The van der Waals surface area contributed by atoms with Gasteiger partial charge in [-0.15, -0.1) is 0 Å². The monoisotopic (exact) mass is 426 g/mol. The molecule has 0 unspecified atom stereocenters. The van der Waals surface area contributed by atoms with Crippen molar-refractivity contribution >= 4 is 39.3 Å². The van der Waals surface area contributed by atoms with E-state index in [4.69, 9.17) is 0 Å². The van der Waals surface area contributed by atoms with Crippen molar-refractivity contribution in [2.75, 3.05) is 45.1 Å². The Labute approximate surface area is 163 Å². The van der Waals surface area contributed by atoms with Gasteiger partial charge in [0.15, 0.2) is 0 Å². The summed E-state index contributed by atoms with van der Waals surface area (Å²) in [4.78, 5) is 39.3. The molecule has 1 aromatic rings. The van der Waals surface area contributed by atoms with Gasteiger partial charge in [-0.3, -0.25) is 19.3 Å². The molecule has 0 radical (unpaired) electrons. The van der Waals surface area contributed by atoms with Crippen molar-refractivity contribution in [3.8, 4) is 0 Å². The fourth-order valence-electron chi connectivity index (χ4n) is 2.40. The van der Waals surface area contributed by atoms with E-state index >= 15 is 0 Å². The van der Waals surface area contributed by atoms with Crippen molar-refractivity contribution in [3.63, 3.8) is 0 Å². The first-order valence-electron chi connectivity index (χ1n) is 8.55. The fraction of sp³-hybridized carbons (Fsp3) is 0.500. The molecular formula is C18H27BrN4O3. The van der Waals surface area contributed by atoms with Gasteiger partial charge in [-0.05, 0) is 51.6 Å². The summed E-state index contributed by atoms with van der Waals surface area (Å²) in [6.07, 6.45) is 0. The first-order valence-corrected chi connectivity index (χ1v) is 9.35. The summed E-state index contributed by atoms with van der Waals surface area (Å²) in [7, 11) is 1.70. The van der Waals surface area contributed by atoms with E-state index < -0.39 is 0 Å². The van der Waals surface area contributed by atoms with Gasteiger partial charge in [0.25, 0.3) is 0 Å². The van der Waals surface area contributed by atoms with Gasteiger partial charge in [0.2, 0.25) is 17.7 Å². The molecule has 0 saturated carbocycles. The minimum Gasteiger partial charge on any atom is -0.346 e. The Morgan fingerprint density at radius 2 is 1.73 bits per heavy atom. The van der Waals surface area contributed by atoms with Crippen molar-refractivity contribution < 1.29 is 14.4 Å². The molecule has 0 fully saturated rings. The van der Waals surface area contributed by atoms with Crippen LogP contribution >= 0.6 is 15.9 Å². The van der Waals surface area contributed by atoms with E-state index in [2.05, 4.69) is 26.6 Å². The van der Waals surface area contributed by atoms with Gasteiger partial charge in [0.05, 0.1) is 19.6 Å². The van der Waals surface area contributed by atoms with Crippen LogP contribution in [0.25, 0.3) is 0 Å². The minimum atomic E-state index is -0.303. The van der Waals surface area contributed by atoms with Gasteiger partial charge in [0.1, 0.15) is 0 Å². The molecule has 0 aliphatic heterocycles. The summed E-state index contributed by atoms with van der Waals surface area (Å²) in [5.41, 5.74) is 1.63. The molecule has 2 N–H and O–H groups in total. The third-order valence-corrected chi connectivity index (χ3v) is 4.34. The smallest absolute Gasteiger partial charge is 0.243 e. The molecule has 0 spiro atoms. The average Bonchev–Trinajstić information content (AvgIpc) is 2.56. The van der Waals surface area contributed by atoms with Crippen LogP contribution in [0, 0.1) is 6.92 Å². The number of benzene rings is 1. The molecule has 26 heavy (non-hydrogen) atoms. The molecule has 0 aromatic heterocycles. The van der Waals surface area contributed by atoms with E-state index in [1.807, 2.05) is 32.9 Å². The maximum absolute atomic E-state index is 12.0. The maximum atomic E-state index is 12.0. The highest BCUT2D eigenvalue weighted by Crippen LogP contribution is 2.19. The molecule has 0 saturated heterocycles. The number of hydrogen-bond donors (Lipinski definition) is 2. The van der Waals surface area contributed by atoms with E-state index in [1.54, 1.807) is 22.9 Å². The third-order valence-electron chi connectivity index (χ3n) is 3.84. The van der Waals surface area contributed by atoms with Crippen molar-refractivity contribution in [2.45, 2.75) is 20.8 Å². The Balaban J connectivity index is 2.39. The lowest BCUT2D eigenvalue weighted by molar-refractivity contribution is -0.132. The lowest BCUT2D eigenvalue weighted by atomic mass is 10.2. The van der Waals surface area contributed by atoms with Crippen LogP contribution in [0.4, 0.5) is 5.69 Å². The molecule has 0 heterocycles. The highest BCUT2D eigenvalue weighted by atomic mass is 79.9. The van der Waals surface area contributed by atoms with Crippen molar-refractivity contribution in [1.82, 2.24) is 15.1 Å². The highest BCUT2D eigenvalue weighted by molar-refractivity contribution is 9.10. The number of halogens is 1. The Hall–Kier alpha value is -1.93. The van der Waals surface area contributed by atoms with Crippen molar-refractivity contribution in [2.24, 2.45) is 0 Å². The van der Waals surface area contributed by atoms with Gasteiger partial charge in [-0.1, -0.05) is 15.9 Å². The summed E-state index contributed by atoms with van der Waals surface area (Å²) in [5.74, 6) is -0.623. The normalized spacial score (nSPS) is 10.5. The lowest BCUT2D eigenvalue weighted by Crippen LogP contribution is -2.43. The molecule has 8 heteroatoms. The van der Waals surface area contributed by atoms with Gasteiger partial charge >= 0.3 is 0 Å². The molecule has 0 bridgehead atoms. The zero-order valence-electron chi connectivity index (χ0n) is 15.8. The standard InChI is InChI=1S/C18H27BrN4O3/c1-5-23(6-2)18(26)12-22(4)11-17(25)20-10-16(24)21-15-8-7-14(19)9-13(15)3/h7-9H,5-6,10-12H2,1-4H3,(H,20,25)(H,21,24). The number of nitrogens with zero attached hydrogens (tertiary/aromatic N) is 2. The van der Waals surface area contributed by atoms with Gasteiger partial charge in [-0.25, -0.2) is 0 Å². The summed E-state index contributed by atoms with van der Waals surface area (Å²) < 4.78 is 0.934. The largest absolute Gasteiger partial charge is 0.346 e. The predicted octanol–water partition coefficient (Wildman–Crippen LogP) is 1.61. The van der Waals surface area contributed by atoms with Crippen LogP contribution in [-0.4, -0.2) is 67.3 Å². The van der Waals surface area contributed by atoms with Crippen LogP contribution in [0.1, 0.15) is 19.4 Å². The number of rotatable bonds is 9. The molecule has 0 atom stereocenters. The van der Waals surface area contributed by atoms with Crippen LogP contribution in [-0.2, 0) is 14.4 Å². The van der Waals surface area contributed by atoms with Crippen LogP contribution in [0.5, 0.6) is 0 Å². The molecule has 0 aliphatic rings. The topological polar surface area (TPSA) is 81.8 Å². The fourth-order valence-corrected chi connectivity index (χ4v) is 2.88. The second-order valence-corrected chi connectivity index (χ2v) is 6.94. The molecule has 1 aromatic carbocycles. The molecular weight excluding hydrogens is 400 g/mol. The van der Waals surface area contributed by atoms with Crippen molar-refractivity contribution in [3.05, 3.63) is 28.2 Å². The summed E-state index contributed by atoms with van der Waals surface area (Å²) in [6, 6.07) is 5.53. The number of amides is 3. The third kappa shape index (κ3) is 7.53. The van der Waals surface area contributed by atoms with E-state index in [0.717, 1.165) is 10.0 Å². The van der Waals surface area contributed by atoms with Gasteiger partial charge in [0, 0.05) is 23.2 Å². The molecule has 1 rings (SSSR count). The molecule has 3 amide bonds. The summed E-state index contributed by atoms with van der Waals surface area (Å²) >= 11 is 3.37. The van der Waals surface area contributed by atoms with Crippen LogP contribution in [0.2, 0.25) is 0 Å². The molecule has 0 aliphatic carbocycles. The minimum absolute atomic E-state index is 0.0197. The number of anilines is 1. The predicted molar refractivity (Wildman–Crippen MR) is 106 cm³/mol. The second-order valence-electron chi connectivity index (χ2n) is 6.02. The van der Waals surface area contributed by atoms with Gasteiger partial charge in [-0.2, -0.15) is 0 Å². The van der Waals surface area contributed by atoms with E-state index in [1.165, 1.54) is 0 Å². The maximum Gasteiger partial charge on any atom is 0.243 e. The zero-order valence-corrected chi connectivity index (χ0v) is 17.4. The summed E-state index contributed by atoms with van der Waals surface area (Å²) in [5, 5.41) is 5.33. The van der Waals surface area contributed by atoms with E-state index in [-0.39, 0.29) is 37.4 Å². The van der Waals surface area contributed by atoms with Crippen molar-refractivity contribution in [1.29, 1.82) is 0 Å². The second kappa shape index (κ2) is 10.9. The average molecular weight is 427 g/mol. The quantitative estimate of drug-likeness (QED) is 0.628. The van der Waals surface area contributed by atoms with E-state index in [0.29, 0.717) is 18.8 Å². The number of hydrogen-bond acceptors (Lipinski definition) is 4.